The minimum Gasteiger partial charge on any atom is -0.391 e. The van der Waals surface area contributed by atoms with Gasteiger partial charge in [-0.2, -0.15) is 15.3 Å². The molecule has 9 aromatic rings. The average Bonchev–Trinajstić information content (AvgIpc) is 1.63. The zero-order valence-corrected chi connectivity index (χ0v) is 52.0. The molecular formula is C69H67F6N15O6. The van der Waals surface area contributed by atoms with E-state index in [4.69, 9.17) is 19.7 Å². The normalized spacial score (nSPS) is 20.4. The molecule has 6 aliphatic rings. The number of likely N-dealkylation sites (tertiary alicyclic amines) is 2. The first-order valence-electron chi connectivity index (χ1n) is 32.0. The van der Waals surface area contributed by atoms with Crippen LogP contribution in [0.1, 0.15) is 103 Å². The highest BCUT2D eigenvalue weighted by atomic mass is 19.1. The Morgan fingerprint density at radius 2 is 0.875 bits per heavy atom. The first-order chi connectivity index (χ1) is 46.6. The Bertz CT molecular complexity index is 4320. The van der Waals surface area contributed by atoms with Gasteiger partial charge in [0.15, 0.2) is 16.9 Å². The Morgan fingerprint density at radius 3 is 1.28 bits per heavy atom. The van der Waals surface area contributed by atoms with E-state index in [1.165, 1.54) is 30.4 Å². The van der Waals surface area contributed by atoms with Crippen molar-refractivity contribution in [2.24, 2.45) is 0 Å². The SMILES string of the molecule is O=C(/C=C/c1cnn2ccc(N3CCC[C@@H]3c3cc(F)ccc3F)nc12)N1CC[C@@H](O)C1.O=C(/C=C/c1cnn2ccc(N3CCC[C@@H]3c3cc(F)ccc3F)nc12)N1CC[C@H](O)C1.O=C(C#Cc1cnn2ccc(N3CCCC3c3cc(F)ccc3F)nc12)N1CCOCC1. The van der Waals surface area contributed by atoms with Gasteiger partial charge in [0.05, 0.1) is 67.7 Å². The molecule has 496 valence electrons. The summed E-state index contributed by atoms with van der Waals surface area (Å²) in [7, 11) is 0. The summed E-state index contributed by atoms with van der Waals surface area (Å²) in [6.07, 6.45) is 21.2. The lowest BCUT2D eigenvalue weighted by Crippen LogP contribution is -2.40. The number of rotatable bonds is 10. The second-order valence-corrected chi connectivity index (χ2v) is 24.2. The molecule has 0 radical (unpaired) electrons. The molecule has 0 aliphatic carbocycles. The van der Waals surface area contributed by atoms with Gasteiger partial charge in [0.25, 0.3) is 5.91 Å². The number of aromatic nitrogens is 9. The number of nitrogens with zero attached hydrogens (tertiary/aromatic N) is 15. The van der Waals surface area contributed by atoms with E-state index in [1.807, 2.05) is 14.7 Å². The number of carbonyl (C=O) groups is 3. The first kappa shape index (κ1) is 64.5. The predicted octanol–water partition coefficient (Wildman–Crippen LogP) is 8.47. The summed E-state index contributed by atoms with van der Waals surface area (Å²) >= 11 is 0. The minimum absolute atomic E-state index is 0.168. The fraction of sp³-hybridized carbons (Fsp3) is 0.348. The van der Waals surface area contributed by atoms with Gasteiger partial charge in [0, 0.05) is 123 Å². The van der Waals surface area contributed by atoms with E-state index in [0.29, 0.717) is 172 Å². The summed E-state index contributed by atoms with van der Waals surface area (Å²) < 4.78 is 94.6. The maximum Gasteiger partial charge on any atom is 0.298 e. The van der Waals surface area contributed by atoms with Crippen molar-refractivity contribution in [3.05, 3.63) is 190 Å². The standard InChI is InChI=1S/2C23H23F2N5O2.C23H21F2N5O2/c2*24-16-4-5-19(25)18(12-16)20-2-1-9-29(20)21-8-11-30-23(27-21)15(13-26-30)3-6-22(32)28-10-7-17(31)14-28;24-17-4-5-19(25)18(14-17)20-2-1-8-29(20)21-7-9-30-23(27-21)16(15-26-30)3-6-22(31)28-10-12-32-13-11-28/h2*3-6,8,11-13,17,20,31H,1-2,7,9-10,14H2;4-5,7,9,14-15,20H,1-2,8,10-13H2/b2*6-3+;/t17-,20+;17-,20-;/m01./s1. The minimum atomic E-state index is -0.468. The summed E-state index contributed by atoms with van der Waals surface area (Å²) in [5, 5.41) is 32.1. The highest BCUT2D eigenvalue weighted by Gasteiger charge is 2.34. The number of β-amino-alcohol motifs (C(OH)–C–C–N with tert-alkyl or cyclic N) is 2. The lowest BCUT2D eigenvalue weighted by Gasteiger charge is -2.26. The van der Waals surface area contributed by atoms with Crippen LogP contribution in [0.25, 0.3) is 29.1 Å². The van der Waals surface area contributed by atoms with Crippen LogP contribution in [0.3, 0.4) is 0 Å². The molecule has 6 aliphatic heterocycles. The van der Waals surface area contributed by atoms with Crippen molar-refractivity contribution >= 4 is 64.3 Å². The monoisotopic (exact) mass is 1320 g/mol. The smallest absolute Gasteiger partial charge is 0.298 e. The van der Waals surface area contributed by atoms with Crippen LogP contribution in [0.4, 0.5) is 43.8 Å². The highest BCUT2D eigenvalue weighted by molar-refractivity contribution is 5.95. The van der Waals surface area contributed by atoms with Crippen molar-refractivity contribution in [2.45, 2.75) is 81.7 Å². The molecule has 96 heavy (non-hydrogen) atoms. The molecule has 1 unspecified atom stereocenters. The number of amides is 3. The third-order valence-electron chi connectivity index (χ3n) is 18.1. The lowest BCUT2D eigenvalue weighted by atomic mass is 10.0. The summed E-state index contributed by atoms with van der Waals surface area (Å²) in [5.74, 6) is 4.21. The summed E-state index contributed by atoms with van der Waals surface area (Å²) in [5.41, 5.74) is 4.51. The van der Waals surface area contributed by atoms with Crippen LogP contribution in [0.2, 0.25) is 0 Å². The van der Waals surface area contributed by atoms with Gasteiger partial charge in [-0.05, 0) is 136 Å². The number of carbonyl (C=O) groups excluding carboxylic acids is 3. The second-order valence-electron chi connectivity index (χ2n) is 24.2. The number of aliphatic hydroxyl groups excluding tert-OH is 2. The van der Waals surface area contributed by atoms with E-state index in [0.717, 1.165) is 55.7 Å². The molecule has 27 heteroatoms. The number of benzene rings is 3. The molecule has 15 rings (SSSR count). The fourth-order valence-corrected chi connectivity index (χ4v) is 13.2. The van der Waals surface area contributed by atoms with Gasteiger partial charge in [-0.1, -0.05) is 5.92 Å². The van der Waals surface area contributed by atoms with Gasteiger partial charge in [-0.25, -0.2) is 54.8 Å². The van der Waals surface area contributed by atoms with Crippen molar-refractivity contribution in [2.75, 3.05) is 86.8 Å². The van der Waals surface area contributed by atoms with E-state index in [1.54, 1.807) is 95.8 Å². The fourth-order valence-electron chi connectivity index (χ4n) is 13.2. The second kappa shape index (κ2) is 28.4. The molecule has 0 spiro atoms. The molecule has 3 amide bonds. The quantitative estimate of drug-likeness (QED) is 0.0747. The molecule has 12 heterocycles. The molecule has 6 aromatic heterocycles. The number of ether oxygens (including phenoxy) is 1. The molecule has 6 saturated heterocycles. The number of fused-ring (bicyclic) bond motifs is 3. The van der Waals surface area contributed by atoms with Crippen molar-refractivity contribution in [1.29, 1.82) is 0 Å². The number of hydrogen-bond acceptors (Lipinski definition) is 15. The Balaban J connectivity index is 0.000000130. The Morgan fingerprint density at radius 1 is 0.479 bits per heavy atom. The van der Waals surface area contributed by atoms with Crippen LogP contribution >= 0.6 is 0 Å². The maximum absolute atomic E-state index is 14.4. The average molecular weight is 1320 g/mol. The largest absolute Gasteiger partial charge is 0.391 e. The summed E-state index contributed by atoms with van der Waals surface area (Å²) in [4.78, 5) is 62.0. The zero-order chi connectivity index (χ0) is 66.6. The topological polar surface area (TPSA) is 211 Å². The van der Waals surface area contributed by atoms with Crippen LogP contribution < -0.4 is 14.7 Å². The molecule has 6 fully saturated rings. The van der Waals surface area contributed by atoms with Gasteiger partial charge >= 0.3 is 0 Å². The van der Waals surface area contributed by atoms with Crippen molar-refractivity contribution in [3.8, 4) is 11.8 Å². The molecular weight excluding hydrogens is 1250 g/mol. The Hall–Kier alpha value is -10.2. The van der Waals surface area contributed by atoms with Gasteiger partial charge in [0.1, 0.15) is 52.4 Å². The molecule has 0 saturated carbocycles. The molecule has 21 nitrogen and oxygen atoms in total. The van der Waals surface area contributed by atoms with E-state index in [-0.39, 0.29) is 35.8 Å². The zero-order valence-electron chi connectivity index (χ0n) is 52.0. The Kier molecular flexibility index (Phi) is 19.1. The van der Waals surface area contributed by atoms with E-state index < -0.39 is 47.1 Å². The number of halogens is 6. The van der Waals surface area contributed by atoms with Crippen molar-refractivity contribution < 1.29 is 55.7 Å². The molecule has 5 atom stereocenters. The number of anilines is 3. The number of morpholine rings is 1. The third-order valence-corrected chi connectivity index (χ3v) is 18.1. The van der Waals surface area contributed by atoms with Crippen molar-refractivity contribution in [1.82, 2.24) is 58.5 Å². The van der Waals surface area contributed by atoms with Crippen molar-refractivity contribution in [3.63, 3.8) is 0 Å². The van der Waals surface area contributed by atoms with Crippen LogP contribution in [0.15, 0.2) is 122 Å². The summed E-state index contributed by atoms with van der Waals surface area (Å²) in [6.45, 7) is 5.86. The van der Waals surface area contributed by atoms with E-state index in [9.17, 15) is 50.9 Å². The predicted molar refractivity (Wildman–Crippen MR) is 343 cm³/mol. The first-order valence-corrected chi connectivity index (χ1v) is 32.0. The molecule has 3 aromatic carbocycles. The van der Waals surface area contributed by atoms with E-state index >= 15 is 0 Å². The van der Waals surface area contributed by atoms with Gasteiger partial charge in [0.2, 0.25) is 11.8 Å². The highest BCUT2D eigenvalue weighted by Crippen LogP contribution is 2.40. The molecule has 2 N–H and O–H groups in total. The third kappa shape index (κ3) is 14.1. The van der Waals surface area contributed by atoms with Crippen LogP contribution in [0, 0.1) is 46.7 Å². The summed E-state index contributed by atoms with van der Waals surface area (Å²) in [6, 6.07) is 15.1. The van der Waals surface area contributed by atoms with Gasteiger partial charge in [-0.3, -0.25) is 14.4 Å². The lowest BCUT2D eigenvalue weighted by molar-refractivity contribution is -0.129. The maximum atomic E-state index is 14.4. The number of aliphatic hydroxyl groups is 2. The van der Waals surface area contributed by atoms with E-state index in [2.05, 4.69) is 27.1 Å². The van der Waals surface area contributed by atoms with Gasteiger partial charge < -0.3 is 44.3 Å². The number of hydrogen-bond donors (Lipinski definition) is 2. The van der Waals surface area contributed by atoms with Crippen LogP contribution in [-0.2, 0) is 19.1 Å². The van der Waals surface area contributed by atoms with Crippen LogP contribution in [-0.4, -0.2) is 171 Å². The Labute approximate surface area is 547 Å². The van der Waals surface area contributed by atoms with Gasteiger partial charge in [-0.15, -0.1) is 0 Å². The molecule has 0 bridgehead atoms. The van der Waals surface area contributed by atoms with Crippen LogP contribution in [0.5, 0.6) is 0 Å².